The second-order valence-corrected chi connectivity index (χ2v) is 4.23. The Labute approximate surface area is 117 Å². The SMILES string of the molecule is COC(=O)c1ccc(/C=C/c2ccc(C=O)cc2)cc1. The Morgan fingerprint density at radius 3 is 1.75 bits per heavy atom. The Morgan fingerprint density at radius 1 is 0.850 bits per heavy atom. The molecule has 3 heteroatoms. The molecule has 2 rings (SSSR count). The van der Waals surface area contributed by atoms with E-state index in [2.05, 4.69) is 4.74 Å². The molecular formula is C17H14O3. The largest absolute Gasteiger partial charge is 0.465 e. The summed E-state index contributed by atoms with van der Waals surface area (Å²) >= 11 is 0. The van der Waals surface area contributed by atoms with Crippen LogP contribution in [0.5, 0.6) is 0 Å². The van der Waals surface area contributed by atoms with E-state index in [1.54, 1.807) is 24.3 Å². The first-order valence-corrected chi connectivity index (χ1v) is 6.14. The summed E-state index contributed by atoms with van der Waals surface area (Å²) in [6.07, 6.45) is 4.71. The molecule has 0 spiro atoms. The van der Waals surface area contributed by atoms with Gasteiger partial charge in [0.1, 0.15) is 6.29 Å². The second kappa shape index (κ2) is 6.48. The van der Waals surface area contributed by atoms with E-state index in [-0.39, 0.29) is 5.97 Å². The molecule has 0 fully saturated rings. The number of hydrogen-bond acceptors (Lipinski definition) is 3. The van der Waals surface area contributed by atoms with Crippen LogP contribution in [0.2, 0.25) is 0 Å². The van der Waals surface area contributed by atoms with Crippen molar-refractivity contribution in [2.75, 3.05) is 7.11 Å². The third kappa shape index (κ3) is 3.42. The van der Waals surface area contributed by atoms with Crippen molar-refractivity contribution < 1.29 is 14.3 Å². The molecule has 3 nitrogen and oxygen atoms in total. The van der Waals surface area contributed by atoms with E-state index < -0.39 is 0 Å². The summed E-state index contributed by atoms with van der Waals surface area (Å²) in [4.78, 5) is 21.8. The molecule has 2 aromatic carbocycles. The molecule has 2 aromatic rings. The number of carbonyl (C=O) groups excluding carboxylic acids is 2. The minimum absolute atomic E-state index is 0.343. The molecule has 0 amide bonds. The van der Waals surface area contributed by atoms with Crippen molar-refractivity contribution in [2.24, 2.45) is 0 Å². The normalized spacial score (nSPS) is 10.4. The standard InChI is InChI=1S/C17H14O3/c1-20-17(19)16-10-8-14(9-11-16)3-2-13-4-6-15(12-18)7-5-13/h2-12H,1H3/b3-2+. The number of aldehydes is 1. The molecule has 100 valence electrons. The summed E-state index contributed by atoms with van der Waals surface area (Å²) in [6.45, 7) is 0. The van der Waals surface area contributed by atoms with Crippen molar-refractivity contribution in [1.29, 1.82) is 0 Å². The Bertz CT molecular complexity index is 622. The van der Waals surface area contributed by atoms with E-state index in [9.17, 15) is 9.59 Å². The fraction of sp³-hybridized carbons (Fsp3) is 0.0588. The van der Waals surface area contributed by atoms with Crippen LogP contribution in [-0.4, -0.2) is 19.4 Å². The van der Waals surface area contributed by atoms with Crippen molar-refractivity contribution in [3.8, 4) is 0 Å². The zero-order chi connectivity index (χ0) is 14.4. The number of hydrogen-bond donors (Lipinski definition) is 0. The number of ether oxygens (including phenoxy) is 1. The van der Waals surface area contributed by atoms with E-state index in [0.29, 0.717) is 11.1 Å². The topological polar surface area (TPSA) is 43.4 Å². The van der Waals surface area contributed by atoms with Gasteiger partial charge in [0.25, 0.3) is 0 Å². The molecule has 0 atom stereocenters. The summed E-state index contributed by atoms with van der Waals surface area (Å²) in [7, 11) is 1.36. The van der Waals surface area contributed by atoms with Gasteiger partial charge >= 0.3 is 5.97 Å². The van der Waals surface area contributed by atoms with Crippen LogP contribution in [0, 0.1) is 0 Å². The van der Waals surface area contributed by atoms with Gasteiger partial charge in [-0.25, -0.2) is 4.79 Å². The molecule has 0 unspecified atom stereocenters. The third-order valence-electron chi connectivity index (χ3n) is 2.87. The second-order valence-electron chi connectivity index (χ2n) is 4.23. The number of rotatable bonds is 4. The smallest absolute Gasteiger partial charge is 0.337 e. The predicted octanol–water partition coefficient (Wildman–Crippen LogP) is 3.46. The van der Waals surface area contributed by atoms with Crippen LogP contribution in [0.1, 0.15) is 31.8 Å². The lowest BCUT2D eigenvalue weighted by atomic mass is 10.1. The predicted molar refractivity (Wildman–Crippen MR) is 78.5 cm³/mol. The highest BCUT2D eigenvalue weighted by molar-refractivity contribution is 5.89. The lowest BCUT2D eigenvalue weighted by Crippen LogP contribution is -2.00. The monoisotopic (exact) mass is 266 g/mol. The highest BCUT2D eigenvalue weighted by atomic mass is 16.5. The van der Waals surface area contributed by atoms with Gasteiger partial charge in [-0.2, -0.15) is 0 Å². The first kappa shape index (κ1) is 13.7. The van der Waals surface area contributed by atoms with Gasteiger partial charge in [0.15, 0.2) is 0 Å². The number of carbonyl (C=O) groups is 2. The Hall–Kier alpha value is -2.68. The third-order valence-corrected chi connectivity index (χ3v) is 2.87. The van der Waals surface area contributed by atoms with Crippen LogP contribution in [0.25, 0.3) is 12.2 Å². The summed E-state index contributed by atoms with van der Waals surface area (Å²) in [5, 5.41) is 0. The van der Waals surface area contributed by atoms with Gasteiger partial charge in [0.2, 0.25) is 0 Å². The van der Waals surface area contributed by atoms with Crippen molar-refractivity contribution >= 4 is 24.4 Å². The average molecular weight is 266 g/mol. The highest BCUT2D eigenvalue weighted by Gasteiger charge is 2.02. The first-order chi connectivity index (χ1) is 9.72. The van der Waals surface area contributed by atoms with Crippen molar-refractivity contribution in [1.82, 2.24) is 0 Å². The number of methoxy groups -OCH3 is 1. The maximum Gasteiger partial charge on any atom is 0.337 e. The minimum Gasteiger partial charge on any atom is -0.465 e. The molecule has 0 aliphatic heterocycles. The molecule has 0 radical (unpaired) electrons. The Balaban J connectivity index is 2.10. The molecule has 0 saturated heterocycles. The lowest BCUT2D eigenvalue weighted by Gasteiger charge is -1.99. The lowest BCUT2D eigenvalue weighted by molar-refractivity contribution is 0.0600. The number of benzene rings is 2. The van der Waals surface area contributed by atoms with E-state index in [0.717, 1.165) is 17.4 Å². The van der Waals surface area contributed by atoms with Gasteiger partial charge in [0, 0.05) is 5.56 Å². The maximum atomic E-state index is 11.3. The van der Waals surface area contributed by atoms with Crippen LogP contribution in [0.3, 0.4) is 0 Å². The summed E-state index contributed by atoms with van der Waals surface area (Å²) in [6, 6.07) is 14.4. The van der Waals surface area contributed by atoms with E-state index in [1.807, 2.05) is 36.4 Å². The van der Waals surface area contributed by atoms with Crippen LogP contribution >= 0.6 is 0 Å². The van der Waals surface area contributed by atoms with Crippen LogP contribution in [0.4, 0.5) is 0 Å². The molecule has 0 bridgehead atoms. The van der Waals surface area contributed by atoms with Crippen LogP contribution in [-0.2, 0) is 4.74 Å². The van der Waals surface area contributed by atoms with Crippen molar-refractivity contribution in [2.45, 2.75) is 0 Å². The molecule has 20 heavy (non-hydrogen) atoms. The van der Waals surface area contributed by atoms with Crippen LogP contribution < -0.4 is 0 Å². The zero-order valence-corrected chi connectivity index (χ0v) is 11.1. The minimum atomic E-state index is -0.343. The van der Waals surface area contributed by atoms with E-state index in [4.69, 9.17) is 0 Å². The Morgan fingerprint density at radius 2 is 1.30 bits per heavy atom. The van der Waals surface area contributed by atoms with Gasteiger partial charge < -0.3 is 4.74 Å². The van der Waals surface area contributed by atoms with E-state index in [1.165, 1.54) is 7.11 Å². The van der Waals surface area contributed by atoms with Crippen molar-refractivity contribution in [3.63, 3.8) is 0 Å². The van der Waals surface area contributed by atoms with Gasteiger partial charge in [-0.15, -0.1) is 0 Å². The van der Waals surface area contributed by atoms with Gasteiger partial charge in [-0.1, -0.05) is 48.6 Å². The summed E-state index contributed by atoms with van der Waals surface area (Å²) < 4.78 is 4.64. The fourth-order valence-electron chi connectivity index (χ4n) is 1.73. The zero-order valence-electron chi connectivity index (χ0n) is 11.1. The molecule has 0 N–H and O–H groups in total. The highest BCUT2D eigenvalue weighted by Crippen LogP contribution is 2.11. The maximum absolute atomic E-state index is 11.3. The summed E-state index contributed by atoms with van der Waals surface area (Å²) in [5.74, 6) is -0.343. The first-order valence-electron chi connectivity index (χ1n) is 6.14. The summed E-state index contributed by atoms with van der Waals surface area (Å²) in [5.41, 5.74) is 3.18. The van der Waals surface area contributed by atoms with Gasteiger partial charge in [-0.05, 0) is 23.3 Å². The van der Waals surface area contributed by atoms with Gasteiger partial charge in [-0.3, -0.25) is 4.79 Å². The van der Waals surface area contributed by atoms with E-state index >= 15 is 0 Å². The van der Waals surface area contributed by atoms with Gasteiger partial charge in [0.05, 0.1) is 12.7 Å². The molecular weight excluding hydrogens is 252 g/mol. The quantitative estimate of drug-likeness (QED) is 0.483. The molecule has 0 aromatic heterocycles. The fourth-order valence-corrected chi connectivity index (χ4v) is 1.73. The van der Waals surface area contributed by atoms with Crippen LogP contribution in [0.15, 0.2) is 48.5 Å². The average Bonchev–Trinajstić information content (AvgIpc) is 2.53. The molecule has 0 aliphatic carbocycles. The van der Waals surface area contributed by atoms with Crippen molar-refractivity contribution in [3.05, 3.63) is 70.8 Å². The number of esters is 1. The molecule has 0 saturated carbocycles. The molecule has 0 heterocycles. The molecule has 0 aliphatic rings. The Kier molecular flexibility index (Phi) is 4.45.